The first-order valence-corrected chi connectivity index (χ1v) is 9.93. The SMILES string of the molecule is CCCCCc1ccccc1C1CCC(CCCCC)CC1. The number of hydrogen-bond acceptors (Lipinski definition) is 0. The van der Waals surface area contributed by atoms with E-state index in [1.165, 1.54) is 77.0 Å². The van der Waals surface area contributed by atoms with E-state index in [1.807, 2.05) is 0 Å². The van der Waals surface area contributed by atoms with Gasteiger partial charge in [-0.15, -0.1) is 0 Å². The van der Waals surface area contributed by atoms with Crippen molar-refractivity contribution in [1.29, 1.82) is 0 Å². The number of unbranched alkanes of at least 4 members (excludes halogenated alkanes) is 4. The predicted octanol–water partition coefficient (Wildman–Crippen LogP) is 7.27. The Hall–Kier alpha value is -0.780. The molecule has 0 radical (unpaired) electrons. The highest BCUT2D eigenvalue weighted by Crippen LogP contribution is 2.39. The van der Waals surface area contributed by atoms with Gasteiger partial charge in [0.15, 0.2) is 0 Å². The molecule has 0 aromatic heterocycles. The van der Waals surface area contributed by atoms with Crippen molar-refractivity contribution in [2.24, 2.45) is 5.92 Å². The van der Waals surface area contributed by atoms with Crippen LogP contribution in [0.2, 0.25) is 0 Å². The number of hydrogen-bond donors (Lipinski definition) is 0. The van der Waals surface area contributed by atoms with E-state index in [0.29, 0.717) is 0 Å². The average Bonchev–Trinajstić information content (AvgIpc) is 2.57. The van der Waals surface area contributed by atoms with Gasteiger partial charge in [0.1, 0.15) is 0 Å². The van der Waals surface area contributed by atoms with Crippen molar-refractivity contribution in [3.8, 4) is 0 Å². The Morgan fingerprint density at radius 1 is 0.818 bits per heavy atom. The van der Waals surface area contributed by atoms with Crippen molar-refractivity contribution in [1.82, 2.24) is 0 Å². The molecule has 0 saturated heterocycles. The number of rotatable bonds is 9. The van der Waals surface area contributed by atoms with E-state index in [0.717, 1.165) is 11.8 Å². The molecule has 0 heterocycles. The molecular formula is C22H36. The van der Waals surface area contributed by atoms with Crippen LogP contribution in [0.5, 0.6) is 0 Å². The molecule has 2 rings (SSSR count). The van der Waals surface area contributed by atoms with Crippen LogP contribution < -0.4 is 0 Å². The van der Waals surface area contributed by atoms with Gasteiger partial charge in [0.25, 0.3) is 0 Å². The van der Waals surface area contributed by atoms with E-state index in [-0.39, 0.29) is 0 Å². The summed E-state index contributed by atoms with van der Waals surface area (Å²) in [5.41, 5.74) is 3.33. The third kappa shape index (κ3) is 5.45. The Morgan fingerprint density at radius 2 is 1.50 bits per heavy atom. The Bertz CT molecular complexity index is 398. The second-order valence-electron chi connectivity index (χ2n) is 7.37. The molecule has 0 spiro atoms. The topological polar surface area (TPSA) is 0 Å². The zero-order chi connectivity index (χ0) is 15.6. The molecule has 0 unspecified atom stereocenters. The zero-order valence-corrected chi connectivity index (χ0v) is 14.9. The quantitative estimate of drug-likeness (QED) is 0.420. The largest absolute Gasteiger partial charge is 0.0654 e. The first kappa shape index (κ1) is 17.6. The molecule has 1 aliphatic carbocycles. The maximum Gasteiger partial charge on any atom is -0.0159 e. The normalized spacial score (nSPS) is 21.9. The molecule has 0 bridgehead atoms. The van der Waals surface area contributed by atoms with Crippen molar-refractivity contribution in [3.05, 3.63) is 35.4 Å². The van der Waals surface area contributed by atoms with Gasteiger partial charge in [-0.25, -0.2) is 0 Å². The van der Waals surface area contributed by atoms with Crippen LogP contribution in [-0.4, -0.2) is 0 Å². The van der Waals surface area contributed by atoms with Crippen LogP contribution in [0.15, 0.2) is 24.3 Å². The Balaban J connectivity index is 1.85. The first-order valence-electron chi connectivity index (χ1n) is 9.93. The van der Waals surface area contributed by atoms with E-state index in [2.05, 4.69) is 38.1 Å². The van der Waals surface area contributed by atoms with E-state index in [1.54, 1.807) is 11.1 Å². The fourth-order valence-corrected chi connectivity index (χ4v) is 4.17. The summed E-state index contributed by atoms with van der Waals surface area (Å²) < 4.78 is 0. The highest BCUT2D eigenvalue weighted by atomic mass is 14.3. The third-order valence-electron chi connectivity index (χ3n) is 5.61. The lowest BCUT2D eigenvalue weighted by atomic mass is 9.75. The van der Waals surface area contributed by atoms with E-state index in [9.17, 15) is 0 Å². The minimum Gasteiger partial charge on any atom is -0.0654 e. The summed E-state index contributed by atoms with van der Waals surface area (Å²) in [7, 11) is 0. The molecule has 0 aliphatic heterocycles. The highest BCUT2D eigenvalue weighted by Gasteiger charge is 2.23. The van der Waals surface area contributed by atoms with Crippen LogP contribution in [0.25, 0.3) is 0 Å². The molecule has 0 atom stereocenters. The van der Waals surface area contributed by atoms with Gasteiger partial charge in [-0.05, 0) is 61.5 Å². The summed E-state index contributed by atoms with van der Waals surface area (Å²) in [5.74, 6) is 1.87. The molecule has 1 aliphatic rings. The molecule has 1 aromatic carbocycles. The summed E-state index contributed by atoms with van der Waals surface area (Å²) in [6.07, 6.45) is 16.9. The second kappa shape index (κ2) is 10.1. The molecule has 1 saturated carbocycles. The monoisotopic (exact) mass is 300 g/mol. The molecule has 0 heteroatoms. The van der Waals surface area contributed by atoms with Crippen LogP contribution in [0, 0.1) is 5.92 Å². The minimum atomic E-state index is 0.847. The summed E-state index contributed by atoms with van der Waals surface area (Å²) in [5, 5.41) is 0. The summed E-state index contributed by atoms with van der Waals surface area (Å²) >= 11 is 0. The van der Waals surface area contributed by atoms with Gasteiger partial charge >= 0.3 is 0 Å². The lowest BCUT2D eigenvalue weighted by Gasteiger charge is -2.30. The van der Waals surface area contributed by atoms with E-state index in [4.69, 9.17) is 0 Å². The standard InChI is InChI=1S/C22H36/c1-3-5-7-11-19-15-17-21(18-16-19)22-14-10-9-13-20(22)12-8-6-4-2/h9-10,13-14,19,21H,3-8,11-12,15-18H2,1-2H3. The average molecular weight is 301 g/mol. The van der Waals surface area contributed by atoms with Crippen molar-refractivity contribution in [2.45, 2.75) is 96.8 Å². The first-order chi connectivity index (χ1) is 10.8. The van der Waals surface area contributed by atoms with Gasteiger partial charge in [-0.3, -0.25) is 0 Å². The van der Waals surface area contributed by atoms with Crippen molar-refractivity contribution < 1.29 is 0 Å². The molecule has 124 valence electrons. The van der Waals surface area contributed by atoms with Gasteiger partial charge in [0.2, 0.25) is 0 Å². The van der Waals surface area contributed by atoms with Crippen LogP contribution >= 0.6 is 0 Å². The molecule has 1 fully saturated rings. The fraction of sp³-hybridized carbons (Fsp3) is 0.727. The van der Waals surface area contributed by atoms with Gasteiger partial charge < -0.3 is 0 Å². The van der Waals surface area contributed by atoms with Gasteiger partial charge in [-0.1, -0.05) is 76.6 Å². The van der Waals surface area contributed by atoms with E-state index >= 15 is 0 Å². The van der Waals surface area contributed by atoms with Gasteiger partial charge in [0.05, 0.1) is 0 Å². The lowest BCUT2D eigenvalue weighted by molar-refractivity contribution is 0.302. The summed E-state index contributed by atoms with van der Waals surface area (Å²) in [6, 6.07) is 9.30. The highest BCUT2D eigenvalue weighted by molar-refractivity contribution is 5.31. The van der Waals surface area contributed by atoms with Gasteiger partial charge in [0, 0.05) is 0 Å². The summed E-state index contributed by atoms with van der Waals surface area (Å²) in [4.78, 5) is 0. The van der Waals surface area contributed by atoms with Crippen LogP contribution in [0.4, 0.5) is 0 Å². The van der Waals surface area contributed by atoms with E-state index < -0.39 is 0 Å². The molecular weight excluding hydrogens is 264 g/mol. The number of benzene rings is 1. The molecule has 0 N–H and O–H groups in total. The van der Waals surface area contributed by atoms with Gasteiger partial charge in [-0.2, -0.15) is 0 Å². The zero-order valence-electron chi connectivity index (χ0n) is 14.9. The van der Waals surface area contributed by atoms with Crippen molar-refractivity contribution in [2.75, 3.05) is 0 Å². The van der Waals surface area contributed by atoms with Crippen LogP contribution in [0.1, 0.15) is 102 Å². The smallest absolute Gasteiger partial charge is 0.0159 e. The second-order valence-corrected chi connectivity index (χ2v) is 7.37. The Labute approximate surface area is 138 Å². The van der Waals surface area contributed by atoms with Crippen LogP contribution in [-0.2, 0) is 6.42 Å². The Kier molecular flexibility index (Phi) is 8.05. The minimum absolute atomic E-state index is 0.847. The van der Waals surface area contributed by atoms with Crippen molar-refractivity contribution in [3.63, 3.8) is 0 Å². The molecule has 0 nitrogen and oxygen atoms in total. The molecule has 22 heavy (non-hydrogen) atoms. The maximum atomic E-state index is 2.42. The van der Waals surface area contributed by atoms with Crippen LogP contribution in [0.3, 0.4) is 0 Å². The number of aryl methyl sites for hydroxylation is 1. The van der Waals surface area contributed by atoms with Crippen molar-refractivity contribution >= 4 is 0 Å². The predicted molar refractivity (Wildman–Crippen MR) is 98.5 cm³/mol. The third-order valence-corrected chi connectivity index (χ3v) is 5.61. The maximum absolute atomic E-state index is 2.42. The fourth-order valence-electron chi connectivity index (χ4n) is 4.17. The molecule has 1 aromatic rings. The lowest BCUT2D eigenvalue weighted by Crippen LogP contribution is -2.14. The molecule has 0 amide bonds. The Morgan fingerprint density at radius 3 is 2.23 bits per heavy atom. The summed E-state index contributed by atoms with van der Waals surface area (Å²) in [6.45, 7) is 4.61.